The Morgan fingerprint density at radius 1 is 1.17 bits per heavy atom. The average molecular weight is 261 g/mol. The highest BCUT2D eigenvalue weighted by atomic mass is 32.1. The number of anilines is 1. The first-order valence-corrected chi connectivity index (χ1v) is 7.11. The predicted octanol–water partition coefficient (Wildman–Crippen LogP) is 3.69. The molecule has 1 heterocycles. The Balaban J connectivity index is 2.50. The first kappa shape index (κ1) is 13.0. The van der Waals surface area contributed by atoms with Crippen LogP contribution in [-0.2, 0) is 5.41 Å². The maximum absolute atomic E-state index is 4.62. The Morgan fingerprint density at radius 2 is 1.83 bits per heavy atom. The van der Waals surface area contributed by atoms with Gasteiger partial charge in [-0.05, 0) is 18.4 Å². The van der Waals surface area contributed by atoms with Crippen LogP contribution in [0.3, 0.4) is 0 Å². The second-order valence-corrected chi connectivity index (χ2v) is 5.08. The summed E-state index contributed by atoms with van der Waals surface area (Å²) >= 11 is 1.43. The van der Waals surface area contributed by atoms with E-state index in [9.17, 15) is 0 Å². The molecule has 0 saturated carbocycles. The lowest BCUT2D eigenvalue weighted by atomic mass is 9.75. The van der Waals surface area contributed by atoms with E-state index < -0.39 is 0 Å². The molecule has 0 atom stereocenters. The number of aromatic nitrogens is 2. The fourth-order valence-electron chi connectivity index (χ4n) is 2.38. The Kier molecular flexibility index (Phi) is 3.97. The Hall–Kier alpha value is -1.42. The molecule has 0 aliphatic heterocycles. The van der Waals surface area contributed by atoms with Crippen LogP contribution in [0.1, 0.15) is 38.1 Å². The van der Waals surface area contributed by atoms with Crippen molar-refractivity contribution in [3.8, 4) is 0 Å². The second-order valence-electron chi connectivity index (χ2n) is 4.33. The van der Waals surface area contributed by atoms with Crippen molar-refractivity contribution in [3.63, 3.8) is 0 Å². The highest BCUT2D eigenvalue weighted by Gasteiger charge is 2.34. The van der Waals surface area contributed by atoms with Crippen LogP contribution in [0.5, 0.6) is 0 Å². The molecule has 2 rings (SSSR count). The molecule has 0 amide bonds. The Morgan fingerprint density at radius 3 is 2.33 bits per heavy atom. The van der Waals surface area contributed by atoms with Crippen molar-refractivity contribution in [2.24, 2.45) is 0 Å². The summed E-state index contributed by atoms with van der Waals surface area (Å²) in [5.41, 5.74) is 1.24. The molecule has 1 aromatic heterocycles. The van der Waals surface area contributed by atoms with Crippen LogP contribution < -0.4 is 5.32 Å². The summed E-state index contributed by atoms with van der Waals surface area (Å²) in [4.78, 5) is 4.62. The molecule has 0 saturated heterocycles. The molecule has 0 aliphatic rings. The van der Waals surface area contributed by atoms with E-state index in [2.05, 4.69) is 52.8 Å². The van der Waals surface area contributed by atoms with Gasteiger partial charge in [0.05, 0.1) is 5.41 Å². The number of hydrogen-bond acceptors (Lipinski definition) is 4. The van der Waals surface area contributed by atoms with Crippen molar-refractivity contribution in [3.05, 3.63) is 41.7 Å². The van der Waals surface area contributed by atoms with Gasteiger partial charge >= 0.3 is 0 Å². The van der Waals surface area contributed by atoms with Crippen molar-refractivity contribution in [1.82, 2.24) is 9.36 Å². The van der Waals surface area contributed by atoms with Crippen LogP contribution in [0.2, 0.25) is 0 Å². The molecule has 0 unspecified atom stereocenters. The lowest BCUT2D eigenvalue weighted by Gasteiger charge is -2.29. The first-order valence-electron chi connectivity index (χ1n) is 6.34. The minimum absolute atomic E-state index is 0.0626. The van der Waals surface area contributed by atoms with Crippen molar-refractivity contribution in [2.45, 2.75) is 32.1 Å². The first-order chi connectivity index (χ1) is 8.76. The number of nitrogens with one attached hydrogen (secondary N) is 1. The Labute approximate surface area is 112 Å². The summed E-state index contributed by atoms with van der Waals surface area (Å²) < 4.78 is 4.55. The molecule has 2 aromatic rings. The van der Waals surface area contributed by atoms with Crippen LogP contribution >= 0.6 is 11.5 Å². The topological polar surface area (TPSA) is 37.8 Å². The van der Waals surface area contributed by atoms with E-state index in [4.69, 9.17) is 0 Å². The van der Waals surface area contributed by atoms with Gasteiger partial charge in [0.1, 0.15) is 0 Å². The monoisotopic (exact) mass is 261 g/mol. The summed E-state index contributed by atoms with van der Waals surface area (Å²) in [7, 11) is 1.88. The van der Waals surface area contributed by atoms with Gasteiger partial charge in [0.15, 0.2) is 5.82 Å². The molecular weight excluding hydrogens is 242 g/mol. The van der Waals surface area contributed by atoms with Gasteiger partial charge in [0, 0.05) is 18.6 Å². The number of rotatable bonds is 5. The van der Waals surface area contributed by atoms with E-state index in [1.807, 2.05) is 13.1 Å². The van der Waals surface area contributed by atoms with Gasteiger partial charge in [-0.25, -0.2) is 4.98 Å². The number of hydrogen-bond donors (Lipinski definition) is 1. The van der Waals surface area contributed by atoms with Crippen LogP contribution in [0.15, 0.2) is 30.3 Å². The molecule has 96 valence electrons. The van der Waals surface area contributed by atoms with Crippen LogP contribution in [0.25, 0.3) is 0 Å². The minimum atomic E-state index is -0.0626. The molecule has 1 aromatic carbocycles. The maximum atomic E-state index is 4.62. The van der Waals surface area contributed by atoms with Gasteiger partial charge in [0.25, 0.3) is 0 Å². The van der Waals surface area contributed by atoms with E-state index in [1.54, 1.807) is 0 Å². The molecule has 4 heteroatoms. The van der Waals surface area contributed by atoms with Crippen LogP contribution in [0, 0.1) is 0 Å². The maximum Gasteiger partial charge on any atom is 0.202 e. The quantitative estimate of drug-likeness (QED) is 0.892. The van der Waals surface area contributed by atoms with E-state index in [-0.39, 0.29) is 5.41 Å². The molecule has 3 nitrogen and oxygen atoms in total. The summed E-state index contributed by atoms with van der Waals surface area (Å²) in [5.74, 6) is 0.938. The summed E-state index contributed by atoms with van der Waals surface area (Å²) in [6.07, 6.45) is 2.01. The third-order valence-electron chi connectivity index (χ3n) is 3.60. The third-order valence-corrected chi connectivity index (χ3v) is 4.33. The standard InChI is InChI=1S/C14H19N3S/c1-4-14(5-2,11-9-7-6-8-10-11)12-16-13(15-3)18-17-12/h6-10H,4-5H2,1-3H3,(H,15,16,17). The van der Waals surface area contributed by atoms with Gasteiger partial charge < -0.3 is 5.32 Å². The molecule has 1 N–H and O–H groups in total. The molecule has 0 aliphatic carbocycles. The van der Waals surface area contributed by atoms with Crippen molar-refractivity contribution in [2.75, 3.05) is 12.4 Å². The predicted molar refractivity (Wildman–Crippen MR) is 77.3 cm³/mol. The van der Waals surface area contributed by atoms with E-state index in [1.165, 1.54) is 17.1 Å². The molecule has 0 radical (unpaired) electrons. The Bertz CT molecular complexity index is 489. The average Bonchev–Trinajstić information content (AvgIpc) is 2.91. The van der Waals surface area contributed by atoms with Gasteiger partial charge in [-0.15, -0.1) is 0 Å². The van der Waals surface area contributed by atoms with Crippen molar-refractivity contribution in [1.29, 1.82) is 0 Å². The highest BCUT2D eigenvalue weighted by molar-refractivity contribution is 7.09. The lowest BCUT2D eigenvalue weighted by Crippen LogP contribution is -2.27. The second kappa shape index (κ2) is 5.48. The van der Waals surface area contributed by atoms with Gasteiger partial charge in [-0.3, -0.25) is 0 Å². The van der Waals surface area contributed by atoms with Crippen molar-refractivity contribution >= 4 is 16.7 Å². The number of benzene rings is 1. The third kappa shape index (κ3) is 2.12. The van der Waals surface area contributed by atoms with E-state index in [0.717, 1.165) is 23.8 Å². The minimum Gasteiger partial charge on any atom is -0.363 e. The zero-order valence-electron chi connectivity index (χ0n) is 11.1. The van der Waals surface area contributed by atoms with E-state index >= 15 is 0 Å². The smallest absolute Gasteiger partial charge is 0.202 e. The van der Waals surface area contributed by atoms with Gasteiger partial charge in [0.2, 0.25) is 5.13 Å². The molecular formula is C14H19N3S. The lowest BCUT2D eigenvalue weighted by molar-refractivity contribution is 0.455. The molecule has 0 fully saturated rings. The number of nitrogens with zero attached hydrogens (tertiary/aromatic N) is 2. The van der Waals surface area contributed by atoms with Crippen molar-refractivity contribution < 1.29 is 0 Å². The molecule has 0 bridgehead atoms. The SMILES string of the molecule is CCC(CC)(c1ccccc1)c1nsc(NC)n1. The fraction of sp³-hybridized carbons (Fsp3) is 0.429. The van der Waals surface area contributed by atoms with E-state index in [0.29, 0.717) is 0 Å². The van der Waals surface area contributed by atoms with Gasteiger partial charge in [-0.1, -0.05) is 44.2 Å². The summed E-state index contributed by atoms with van der Waals surface area (Å²) in [5, 5.41) is 3.95. The zero-order valence-corrected chi connectivity index (χ0v) is 11.9. The molecule has 0 spiro atoms. The van der Waals surface area contributed by atoms with Crippen LogP contribution in [0.4, 0.5) is 5.13 Å². The largest absolute Gasteiger partial charge is 0.363 e. The van der Waals surface area contributed by atoms with Crippen LogP contribution in [-0.4, -0.2) is 16.4 Å². The highest BCUT2D eigenvalue weighted by Crippen LogP contribution is 2.38. The fourth-order valence-corrected chi connectivity index (χ4v) is 2.99. The molecule has 18 heavy (non-hydrogen) atoms. The van der Waals surface area contributed by atoms with Gasteiger partial charge in [-0.2, -0.15) is 4.37 Å². The summed E-state index contributed by atoms with van der Waals surface area (Å²) in [6, 6.07) is 10.6. The zero-order chi connectivity index (χ0) is 13.0. The normalized spacial score (nSPS) is 11.5. The summed E-state index contributed by atoms with van der Waals surface area (Å²) in [6.45, 7) is 4.41.